The number of unbranched alkanes of at least 4 members (excludes halogenated alkanes) is 3. The Kier molecular flexibility index (Phi) is 9.05. The number of aliphatic hydroxyl groups excluding tert-OH is 3. The third kappa shape index (κ3) is 5.89. The average molecular weight is 288 g/mol. The zero-order chi connectivity index (χ0) is 14.8. The van der Waals surface area contributed by atoms with Gasteiger partial charge in [-0.05, 0) is 19.3 Å². The Morgan fingerprint density at radius 2 is 1.95 bits per heavy atom. The summed E-state index contributed by atoms with van der Waals surface area (Å²) in [6, 6.07) is 0. The third-order valence-corrected chi connectivity index (χ3v) is 3.49. The molecule has 4 atom stereocenters. The number of ether oxygens (including phenoxy) is 2. The minimum atomic E-state index is -1.01. The van der Waals surface area contributed by atoms with E-state index in [1.807, 2.05) is 0 Å². The van der Waals surface area contributed by atoms with Gasteiger partial charge in [-0.3, -0.25) is 0 Å². The van der Waals surface area contributed by atoms with Gasteiger partial charge in [0.1, 0.15) is 24.4 Å². The summed E-state index contributed by atoms with van der Waals surface area (Å²) in [5.74, 6) is 0. The normalized spacial score (nSPS) is 31.0. The van der Waals surface area contributed by atoms with Crippen molar-refractivity contribution in [1.82, 2.24) is 0 Å². The van der Waals surface area contributed by atoms with E-state index in [9.17, 15) is 15.3 Å². The molecular weight excluding hydrogens is 260 g/mol. The molecule has 0 saturated carbocycles. The summed E-state index contributed by atoms with van der Waals surface area (Å²) < 4.78 is 10.8. The van der Waals surface area contributed by atoms with Crippen molar-refractivity contribution in [3.05, 3.63) is 12.2 Å². The molecule has 0 aromatic rings. The lowest BCUT2D eigenvalue weighted by Crippen LogP contribution is -2.55. The molecule has 5 heteroatoms. The van der Waals surface area contributed by atoms with Crippen LogP contribution in [-0.4, -0.2) is 59.6 Å². The Morgan fingerprint density at radius 3 is 2.65 bits per heavy atom. The van der Waals surface area contributed by atoms with Crippen LogP contribution >= 0.6 is 0 Å². The highest BCUT2D eigenvalue weighted by Gasteiger charge is 2.38. The second kappa shape index (κ2) is 10.3. The molecule has 0 aromatic heterocycles. The molecule has 0 bridgehead atoms. The molecule has 1 heterocycles. The second-order valence-electron chi connectivity index (χ2n) is 5.20. The van der Waals surface area contributed by atoms with E-state index in [0.29, 0.717) is 6.61 Å². The van der Waals surface area contributed by atoms with Crippen LogP contribution in [0.1, 0.15) is 39.0 Å². The van der Waals surface area contributed by atoms with Crippen molar-refractivity contribution in [3.63, 3.8) is 0 Å². The molecule has 1 saturated heterocycles. The molecule has 1 aliphatic heterocycles. The number of hydrogen-bond acceptors (Lipinski definition) is 5. The maximum absolute atomic E-state index is 9.85. The van der Waals surface area contributed by atoms with E-state index in [0.717, 1.165) is 12.8 Å². The maximum Gasteiger partial charge on any atom is 0.114 e. The number of allylic oxidation sites excluding steroid dienone is 1. The van der Waals surface area contributed by atoms with Crippen molar-refractivity contribution in [1.29, 1.82) is 0 Å². The molecule has 3 N–H and O–H groups in total. The van der Waals surface area contributed by atoms with Crippen LogP contribution in [0, 0.1) is 0 Å². The number of aliphatic hydroxyl groups is 3. The largest absolute Gasteiger partial charge is 0.394 e. The van der Waals surface area contributed by atoms with Crippen molar-refractivity contribution in [2.75, 3.05) is 19.8 Å². The molecule has 1 aliphatic rings. The lowest BCUT2D eigenvalue weighted by molar-refractivity contribution is -0.211. The number of hydrogen-bond donors (Lipinski definition) is 3. The first-order chi connectivity index (χ1) is 9.70. The summed E-state index contributed by atoms with van der Waals surface area (Å²) in [4.78, 5) is 0. The fourth-order valence-corrected chi connectivity index (χ4v) is 2.24. The van der Waals surface area contributed by atoms with Gasteiger partial charge in [0.05, 0.1) is 19.8 Å². The summed E-state index contributed by atoms with van der Waals surface area (Å²) in [5, 5.41) is 28.6. The molecule has 5 nitrogen and oxygen atoms in total. The predicted molar refractivity (Wildman–Crippen MR) is 76.5 cm³/mol. The fraction of sp³-hybridized carbons (Fsp3) is 0.867. The van der Waals surface area contributed by atoms with Gasteiger partial charge in [-0.15, -0.1) is 0 Å². The first-order valence-corrected chi connectivity index (χ1v) is 7.55. The first-order valence-electron chi connectivity index (χ1n) is 7.55. The van der Waals surface area contributed by atoms with Gasteiger partial charge in [0.25, 0.3) is 0 Å². The van der Waals surface area contributed by atoms with E-state index >= 15 is 0 Å². The molecule has 1 rings (SSSR count). The highest BCUT2D eigenvalue weighted by molar-refractivity contribution is 4.88. The van der Waals surface area contributed by atoms with E-state index in [1.54, 1.807) is 0 Å². The lowest BCUT2D eigenvalue weighted by atomic mass is 10.0. The Hall–Kier alpha value is -0.460. The predicted octanol–water partition coefficient (Wildman–Crippen LogP) is 1.01. The Morgan fingerprint density at radius 1 is 1.20 bits per heavy atom. The summed E-state index contributed by atoms with van der Waals surface area (Å²) >= 11 is 0. The Labute approximate surface area is 121 Å². The van der Waals surface area contributed by atoms with Crippen LogP contribution in [0.2, 0.25) is 0 Å². The second-order valence-corrected chi connectivity index (χ2v) is 5.20. The molecule has 0 spiro atoms. The molecule has 20 heavy (non-hydrogen) atoms. The molecule has 1 fully saturated rings. The minimum absolute atomic E-state index is 0.0313. The van der Waals surface area contributed by atoms with Crippen LogP contribution in [-0.2, 0) is 9.47 Å². The molecule has 0 radical (unpaired) electrons. The van der Waals surface area contributed by atoms with Crippen molar-refractivity contribution in [2.45, 2.75) is 63.4 Å². The molecule has 118 valence electrons. The molecule has 0 unspecified atom stereocenters. The monoisotopic (exact) mass is 288 g/mol. The Balaban J connectivity index is 2.21. The van der Waals surface area contributed by atoms with Gasteiger partial charge >= 0.3 is 0 Å². The average Bonchev–Trinajstić information content (AvgIpc) is 2.46. The third-order valence-electron chi connectivity index (χ3n) is 3.49. The van der Waals surface area contributed by atoms with E-state index in [-0.39, 0.29) is 13.2 Å². The molecule has 0 amide bonds. The number of rotatable bonds is 9. The van der Waals surface area contributed by atoms with Gasteiger partial charge in [0, 0.05) is 0 Å². The van der Waals surface area contributed by atoms with Gasteiger partial charge < -0.3 is 24.8 Å². The van der Waals surface area contributed by atoms with Crippen LogP contribution < -0.4 is 0 Å². The van der Waals surface area contributed by atoms with Gasteiger partial charge in [-0.2, -0.15) is 0 Å². The van der Waals surface area contributed by atoms with Crippen molar-refractivity contribution in [3.8, 4) is 0 Å². The standard InChI is InChI=1S/C15H28O5/c1-2-3-4-5-6-7-8-9-19-15-13(10-16)20-11-12(17)14(15)18/h6-7,12-18H,2-5,8-11H2,1H3/b7-6+/t12-,13+,14+,15+/m0/s1. The van der Waals surface area contributed by atoms with Gasteiger partial charge in [0.2, 0.25) is 0 Å². The molecule has 0 aromatic carbocycles. The maximum atomic E-state index is 9.85. The first kappa shape index (κ1) is 17.6. The van der Waals surface area contributed by atoms with Crippen molar-refractivity contribution in [2.24, 2.45) is 0 Å². The Bertz CT molecular complexity index is 267. The van der Waals surface area contributed by atoms with Crippen LogP contribution in [0.3, 0.4) is 0 Å². The van der Waals surface area contributed by atoms with Gasteiger partial charge in [-0.25, -0.2) is 0 Å². The highest BCUT2D eigenvalue weighted by Crippen LogP contribution is 2.18. The fourth-order valence-electron chi connectivity index (χ4n) is 2.24. The van der Waals surface area contributed by atoms with E-state index in [2.05, 4.69) is 19.1 Å². The van der Waals surface area contributed by atoms with Crippen LogP contribution in [0.15, 0.2) is 12.2 Å². The van der Waals surface area contributed by atoms with E-state index in [4.69, 9.17) is 9.47 Å². The summed E-state index contributed by atoms with van der Waals surface area (Å²) in [7, 11) is 0. The SMILES string of the molecule is CCCCC/C=C/CCO[C@H]1[C@H](O)[C@@H](O)CO[C@@H]1CO. The molecular formula is C15H28O5. The van der Waals surface area contributed by atoms with Gasteiger partial charge in [0.15, 0.2) is 0 Å². The van der Waals surface area contributed by atoms with Crippen molar-refractivity contribution >= 4 is 0 Å². The smallest absolute Gasteiger partial charge is 0.114 e. The van der Waals surface area contributed by atoms with Crippen LogP contribution in [0.4, 0.5) is 0 Å². The van der Waals surface area contributed by atoms with Crippen LogP contribution in [0.25, 0.3) is 0 Å². The zero-order valence-corrected chi connectivity index (χ0v) is 12.3. The highest BCUT2D eigenvalue weighted by atomic mass is 16.6. The summed E-state index contributed by atoms with van der Waals surface area (Å²) in [6.45, 7) is 2.44. The summed E-state index contributed by atoms with van der Waals surface area (Å²) in [5.41, 5.74) is 0. The van der Waals surface area contributed by atoms with Crippen LogP contribution in [0.5, 0.6) is 0 Å². The van der Waals surface area contributed by atoms with E-state index < -0.39 is 24.4 Å². The minimum Gasteiger partial charge on any atom is -0.394 e. The lowest BCUT2D eigenvalue weighted by Gasteiger charge is -2.37. The van der Waals surface area contributed by atoms with Gasteiger partial charge in [-0.1, -0.05) is 31.9 Å². The van der Waals surface area contributed by atoms with E-state index in [1.165, 1.54) is 19.3 Å². The topological polar surface area (TPSA) is 79.2 Å². The summed E-state index contributed by atoms with van der Waals surface area (Å²) in [6.07, 6.45) is 6.54. The quantitative estimate of drug-likeness (QED) is 0.436. The molecule has 0 aliphatic carbocycles. The zero-order valence-electron chi connectivity index (χ0n) is 12.3. The van der Waals surface area contributed by atoms with Crippen molar-refractivity contribution < 1.29 is 24.8 Å².